The van der Waals surface area contributed by atoms with Gasteiger partial charge in [0.15, 0.2) is 0 Å². The number of unbranched alkanes of at least 4 members (excludes halogenated alkanes) is 3. The van der Waals surface area contributed by atoms with Crippen molar-refractivity contribution in [3.05, 3.63) is 29.8 Å². The van der Waals surface area contributed by atoms with Crippen molar-refractivity contribution in [2.75, 3.05) is 27.3 Å². The van der Waals surface area contributed by atoms with Crippen LogP contribution in [0, 0.1) is 5.92 Å². The number of aliphatic hydroxyl groups is 1. The van der Waals surface area contributed by atoms with Crippen molar-refractivity contribution in [3.8, 4) is 5.75 Å². The molecule has 3 heteroatoms. The van der Waals surface area contributed by atoms with Gasteiger partial charge in [0.2, 0.25) is 0 Å². The molecule has 120 valence electrons. The summed E-state index contributed by atoms with van der Waals surface area (Å²) >= 11 is 0. The maximum absolute atomic E-state index is 9.41. The minimum absolute atomic E-state index is 0.193. The molecule has 0 heterocycles. The summed E-state index contributed by atoms with van der Waals surface area (Å²) in [6, 6.07) is 8.52. The quantitative estimate of drug-likeness (QED) is 0.665. The lowest BCUT2D eigenvalue weighted by molar-refractivity contribution is 0.145. The molecule has 0 spiro atoms. The molecule has 1 rings (SSSR count). The van der Waals surface area contributed by atoms with Crippen LogP contribution < -0.4 is 4.74 Å². The highest BCUT2D eigenvalue weighted by Gasteiger charge is 2.20. The van der Waals surface area contributed by atoms with Gasteiger partial charge < -0.3 is 14.7 Å². The number of hydrogen-bond donors (Lipinski definition) is 1. The Hall–Kier alpha value is -1.06. The molecule has 3 nitrogen and oxygen atoms in total. The molecular weight excluding hydrogens is 262 g/mol. The van der Waals surface area contributed by atoms with Gasteiger partial charge in [-0.2, -0.15) is 0 Å². The Bertz CT molecular complexity index is 375. The van der Waals surface area contributed by atoms with Crippen LogP contribution in [0.15, 0.2) is 24.3 Å². The van der Waals surface area contributed by atoms with E-state index in [1.165, 1.54) is 24.8 Å². The smallest absolute Gasteiger partial charge is 0.119 e. The summed E-state index contributed by atoms with van der Waals surface area (Å²) in [4.78, 5) is 2.15. The Labute approximate surface area is 129 Å². The van der Waals surface area contributed by atoms with E-state index in [4.69, 9.17) is 4.74 Å². The zero-order valence-electron chi connectivity index (χ0n) is 14.0. The molecule has 0 aliphatic heterocycles. The van der Waals surface area contributed by atoms with Gasteiger partial charge >= 0.3 is 0 Å². The van der Waals surface area contributed by atoms with Crippen LogP contribution in [0.1, 0.15) is 51.1 Å². The molecule has 0 aromatic heterocycles. The molecular formula is C18H31NO2. The van der Waals surface area contributed by atoms with Gasteiger partial charge in [0.25, 0.3) is 0 Å². The molecule has 0 aliphatic carbocycles. The lowest BCUT2D eigenvalue weighted by Crippen LogP contribution is -2.27. The Morgan fingerprint density at radius 1 is 1.10 bits per heavy atom. The Morgan fingerprint density at radius 3 is 2.29 bits per heavy atom. The summed E-state index contributed by atoms with van der Waals surface area (Å²) in [6.45, 7) is 5.28. The fraction of sp³-hybridized carbons (Fsp3) is 0.667. The van der Waals surface area contributed by atoms with Crippen molar-refractivity contribution in [2.45, 2.75) is 45.6 Å². The van der Waals surface area contributed by atoms with Gasteiger partial charge in [-0.1, -0.05) is 45.2 Å². The van der Waals surface area contributed by atoms with Crippen LogP contribution in [0.5, 0.6) is 5.75 Å². The normalized spacial score (nSPS) is 14.2. The minimum Gasteiger partial charge on any atom is -0.494 e. The highest BCUT2D eigenvalue weighted by Crippen LogP contribution is 2.27. The van der Waals surface area contributed by atoms with Crippen molar-refractivity contribution in [1.82, 2.24) is 4.90 Å². The van der Waals surface area contributed by atoms with Gasteiger partial charge in [-0.3, -0.25) is 0 Å². The van der Waals surface area contributed by atoms with Crippen LogP contribution in [-0.2, 0) is 0 Å². The molecule has 0 bridgehead atoms. The van der Waals surface area contributed by atoms with Crippen LogP contribution in [0.4, 0.5) is 0 Å². The molecule has 0 fully saturated rings. The van der Waals surface area contributed by atoms with E-state index in [9.17, 15) is 5.11 Å². The first kappa shape index (κ1) is 18.0. The molecule has 0 amide bonds. The summed E-state index contributed by atoms with van der Waals surface area (Å²) in [6.07, 6.45) is 4.90. The highest BCUT2D eigenvalue weighted by molar-refractivity contribution is 5.29. The molecule has 1 aromatic rings. The van der Waals surface area contributed by atoms with Gasteiger partial charge in [-0.15, -0.1) is 0 Å². The van der Waals surface area contributed by atoms with Crippen LogP contribution in [0.3, 0.4) is 0 Å². The third-order valence-electron chi connectivity index (χ3n) is 3.87. The second kappa shape index (κ2) is 9.80. The summed E-state index contributed by atoms with van der Waals surface area (Å²) in [5, 5.41) is 9.41. The van der Waals surface area contributed by atoms with Crippen LogP contribution in [-0.4, -0.2) is 37.3 Å². The second-order valence-corrected chi connectivity index (χ2v) is 6.05. The molecule has 0 saturated carbocycles. The largest absolute Gasteiger partial charge is 0.494 e. The topological polar surface area (TPSA) is 32.7 Å². The second-order valence-electron chi connectivity index (χ2n) is 6.05. The third-order valence-corrected chi connectivity index (χ3v) is 3.87. The number of nitrogens with zero attached hydrogens (tertiary/aromatic N) is 1. The van der Waals surface area contributed by atoms with E-state index < -0.39 is 0 Å². The summed E-state index contributed by atoms with van der Waals surface area (Å²) in [7, 11) is 4.10. The Kier molecular flexibility index (Phi) is 8.40. The number of aliphatic hydroxyl groups excluding tert-OH is 1. The lowest BCUT2D eigenvalue weighted by atomic mass is 9.94. The van der Waals surface area contributed by atoms with Gasteiger partial charge in [0.05, 0.1) is 6.61 Å². The molecule has 21 heavy (non-hydrogen) atoms. The summed E-state index contributed by atoms with van der Waals surface area (Å²) < 4.78 is 5.77. The average Bonchev–Trinajstić information content (AvgIpc) is 2.48. The van der Waals surface area contributed by atoms with Crippen molar-refractivity contribution < 1.29 is 9.84 Å². The van der Waals surface area contributed by atoms with Crippen molar-refractivity contribution in [1.29, 1.82) is 0 Å². The molecule has 0 aliphatic rings. The van der Waals surface area contributed by atoms with Crippen molar-refractivity contribution in [2.24, 2.45) is 5.92 Å². The molecule has 0 saturated heterocycles. The highest BCUT2D eigenvalue weighted by atomic mass is 16.5. The van der Waals surface area contributed by atoms with Gasteiger partial charge in [-0.25, -0.2) is 0 Å². The van der Waals surface area contributed by atoms with Gasteiger partial charge in [0, 0.05) is 12.6 Å². The molecule has 1 N–H and O–H groups in total. The Morgan fingerprint density at radius 2 is 1.76 bits per heavy atom. The van der Waals surface area contributed by atoms with E-state index in [0.29, 0.717) is 0 Å². The average molecular weight is 293 g/mol. The van der Waals surface area contributed by atoms with E-state index in [1.807, 2.05) is 12.1 Å². The number of benzene rings is 1. The monoisotopic (exact) mass is 293 g/mol. The Balaban J connectivity index is 2.55. The molecule has 1 aromatic carbocycles. The number of rotatable bonds is 10. The summed E-state index contributed by atoms with van der Waals surface area (Å²) in [5.41, 5.74) is 1.22. The zero-order valence-corrected chi connectivity index (χ0v) is 14.0. The van der Waals surface area contributed by atoms with Crippen LogP contribution in [0.25, 0.3) is 0 Å². The SMILES string of the molecule is CCCCCCOc1ccc(C(C(C)CO)N(C)C)cc1. The predicted molar refractivity (Wildman–Crippen MR) is 88.8 cm³/mol. The first-order chi connectivity index (χ1) is 10.1. The fourth-order valence-corrected chi connectivity index (χ4v) is 2.72. The van der Waals surface area contributed by atoms with Gasteiger partial charge in [-0.05, 0) is 44.1 Å². The fourth-order valence-electron chi connectivity index (χ4n) is 2.72. The first-order valence-corrected chi connectivity index (χ1v) is 8.10. The lowest BCUT2D eigenvalue weighted by Gasteiger charge is -2.29. The van der Waals surface area contributed by atoms with Crippen LogP contribution >= 0.6 is 0 Å². The zero-order chi connectivity index (χ0) is 15.7. The molecule has 0 radical (unpaired) electrons. The molecule has 2 atom stereocenters. The van der Waals surface area contributed by atoms with E-state index in [2.05, 4.69) is 45.0 Å². The van der Waals surface area contributed by atoms with E-state index in [1.54, 1.807) is 0 Å². The molecule has 2 unspecified atom stereocenters. The standard InChI is InChI=1S/C18H31NO2/c1-5-6-7-8-13-21-17-11-9-16(10-12-17)18(19(3)4)15(2)14-20/h9-12,15,18,20H,5-8,13-14H2,1-4H3. The summed E-state index contributed by atoms with van der Waals surface area (Å²) in [5.74, 6) is 1.14. The van der Waals surface area contributed by atoms with Gasteiger partial charge in [0.1, 0.15) is 5.75 Å². The first-order valence-electron chi connectivity index (χ1n) is 8.10. The maximum atomic E-state index is 9.41. The number of ether oxygens (including phenoxy) is 1. The van der Waals surface area contributed by atoms with Crippen molar-refractivity contribution in [3.63, 3.8) is 0 Å². The number of hydrogen-bond acceptors (Lipinski definition) is 3. The van der Waals surface area contributed by atoms with E-state index >= 15 is 0 Å². The van der Waals surface area contributed by atoms with Crippen LogP contribution in [0.2, 0.25) is 0 Å². The van der Waals surface area contributed by atoms with E-state index in [-0.39, 0.29) is 18.6 Å². The minimum atomic E-state index is 0.193. The maximum Gasteiger partial charge on any atom is 0.119 e. The predicted octanol–water partition coefficient (Wildman–Crippen LogP) is 3.88. The van der Waals surface area contributed by atoms with Crippen molar-refractivity contribution >= 4 is 0 Å². The third kappa shape index (κ3) is 6.06. The van der Waals surface area contributed by atoms with E-state index in [0.717, 1.165) is 18.8 Å².